The van der Waals surface area contributed by atoms with Crippen molar-refractivity contribution in [3.63, 3.8) is 0 Å². The van der Waals surface area contributed by atoms with E-state index in [-0.39, 0.29) is 0 Å². The van der Waals surface area contributed by atoms with Crippen molar-refractivity contribution in [2.24, 2.45) is 5.73 Å². The van der Waals surface area contributed by atoms with Gasteiger partial charge in [0.15, 0.2) is 0 Å². The van der Waals surface area contributed by atoms with E-state index in [1.807, 2.05) is 25.1 Å². The Labute approximate surface area is 155 Å². The van der Waals surface area contributed by atoms with Crippen LogP contribution in [0.5, 0.6) is 5.75 Å². The fourth-order valence-electron chi connectivity index (χ4n) is 2.91. The monoisotopic (exact) mass is 371 g/mol. The van der Waals surface area contributed by atoms with Crippen molar-refractivity contribution in [1.29, 1.82) is 0 Å². The lowest BCUT2D eigenvalue weighted by molar-refractivity contribution is 0.191. The molecule has 0 bridgehead atoms. The Hall–Kier alpha value is -2.42. The summed E-state index contributed by atoms with van der Waals surface area (Å²) in [5.41, 5.74) is 15.0. The molecule has 1 fully saturated rings. The van der Waals surface area contributed by atoms with E-state index in [4.69, 9.17) is 21.2 Å². The largest absolute Gasteiger partial charge is 0.496 e. The minimum atomic E-state index is -1.14. The highest BCUT2D eigenvalue weighted by Gasteiger charge is 2.25. The molecule has 0 saturated heterocycles. The maximum absolute atomic E-state index is 9.83. The van der Waals surface area contributed by atoms with Crippen molar-refractivity contribution in [3.8, 4) is 17.0 Å². The van der Waals surface area contributed by atoms with Crippen molar-refractivity contribution in [3.05, 3.63) is 28.6 Å². The lowest BCUT2D eigenvalue weighted by Gasteiger charge is -2.11. The lowest BCUT2D eigenvalue weighted by atomic mass is 10.1. The van der Waals surface area contributed by atoms with Crippen molar-refractivity contribution >= 4 is 33.2 Å². The minimum Gasteiger partial charge on any atom is -0.496 e. The van der Waals surface area contributed by atoms with Crippen LogP contribution in [0.15, 0.2) is 18.2 Å². The number of aromatic nitrogens is 2. The summed E-state index contributed by atoms with van der Waals surface area (Å²) in [6, 6.07) is 6.33. The zero-order chi connectivity index (χ0) is 18.4. The second-order valence-corrected chi connectivity index (χ2v) is 7.53. The molecule has 2 aromatic heterocycles. The van der Waals surface area contributed by atoms with Gasteiger partial charge in [0.2, 0.25) is 5.95 Å². The molecule has 0 spiro atoms. The number of benzene rings is 1. The smallest absolute Gasteiger partial charge is 0.224 e. The molecule has 0 amide bonds. The number of nitrogens with one attached hydrogen (secondary N) is 1. The number of anilines is 2. The van der Waals surface area contributed by atoms with Gasteiger partial charge in [-0.05, 0) is 31.4 Å². The van der Waals surface area contributed by atoms with Crippen LogP contribution in [-0.2, 0) is 0 Å². The molecule has 1 atom stereocenters. The van der Waals surface area contributed by atoms with Gasteiger partial charge in [-0.3, -0.25) is 0 Å². The molecule has 1 unspecified atom stereocenters. The maximum Gasteiger partial charge on any atom is 0.224 e. The highest BCUT2D eigenvalue weighted by molar-refractivity contribution is 7.19. The molecule has 0 aliphatic heterocycles. The molecule has 2 heterocycles. The molecule has 7 nitrogen and oxygen atoms in total. The molecular formula is C18H21N5O2S. The van der Waals surface area contributed by atoms with Gasteiger partial charge in [-0.15, -0.1) is 11.3 Å². The van der Waals surface area contributed by atoms with Crippen LogP contribution in [0.2, 0.25) is 0 Å². The third kappa shape index (κ3) is 2.96. The van der Waals surface area contributed by atoms with Gasteiger partial charge < -0.3 is 26.6 Å². The van der Waals surface area contributed by atoms with E-state index < -0.39 is 6.23 Å². The molecule has 1 aromatic carbocycles. The molecule has 0 radical (unpaired) electrons. The molecule has 6 N–H and O–H groups in total. The van der Waals surface area contributed by atoms with Crippen molar-refractivity contribution in [2.75, 3.05) is 18.2 Å². The number of hydrogen-bond donors (Lipinski definition) is 4. The number of nitrogens with zero attached hydrogens (tertiary/aromatic N) is 2. The summed E-state index contributed by atoms with van der Waals surface area (Å²) in [6.07, 6.45) is 1.09. The minimum absolute atomic E-state index is 0.421. The second kappa shape index (κ2) is 6.39. The molecule has 136 valence electrons. The van der Waals surface area contributed by atoms with Gasteiger partial charge in [0.05, 0.1) is 28.8 Å². The summed E-state index contributed by atoms with van der Waals surface area (Å²) in [5, 5.41) is 13.9. The van der Waals surface area contributed by atoms with E-state index in [0.29, 0.717) is 38.5 Å². The number of thiophene rings is 1. The summed E-state index contributed by atoms with van der Waals surface area (Å²) in [6.45, 7) is 1.99. The van der Waals surface area contributed by atoms with Crippen molar-refractivity contribution in [2.45, 2.75) is 32.0 Å². The number of nitrogens with two attached hydrogens (primary N) is 2. The van der Waals surface area contributed by atoms with E-state index in [1.165, 1.54) is 11.3 Å². The van der Waals surface area contributed by atoms with Crippen LogP contribution in [-0.4, -0.2) is 28.2 Å². The average Bonchev–Trinajstić information content (AvgIpc) is 3.36. The number of methoxy groups -OCH3 is 1. The molecule has 8 heteroatoms. The fraction of sp³-hybridized carbons (Fsp3) is 0.333. The number of nitrogen functional groups attached to an aromatic ring is 1. The van der Waals surface area contributed by atoms with E-state index in [2.05, 4.69) is 10.3 Å². The van der Waals surface area contributed by atoms with Crippen LogP contribution in [0, 0.1) is 6.92 Å². The zero-order valence-corrected chi connectivity index (χ0v) is 15.4. The Morgan fingerprint density at radius 2 is 2.12 bits per heavy atom. The highest BCUT2D eigenvalue weighted by atomic mass is 32.1. The molecule has 1 aliphatic carbocycles. The molecule has 1 saturated carbocycles. The van der Waals surface area contributed by atoms with Gasteiger partial charge in [-0.1, -0.05) is 12.1 Å². The van der Waals surface area contributed by atoms with E-state index in [1.54, 1.807) is 7.11 Å². The van der Waals surface area contributed by atoms with Gasteiger partial charge >= 0.3 is 0 Å². The lowest BCUT2D eigenvalue weighted by Crippen LogP contribution is -2.08. The van der Waals surface area contributed by atoms with Crippen LogP contribution in [0.1, 0.15) is 29.5 Å². The van der Waals surface area contributed by atoms with Gasteiger partial charge in [-0.2, -0.15) is 0 Å². The topological polar surface area (TPSA) is 119 Å². The Balaban J connectivity index is 1.95. The number of fused-ring (bicyclic) bond motifs is 1. The number of aliphatic hydroxyl groups is 1. The summed E-state index contributed by atoms with van der Waals surface area (Å²) >= 11 is 1.29. The third-order valence-electron chi connectivity index (χ3n) is 4.48. The average molecular weight is 371 g/mol. The predicted octanol–water partition coefficient (Wildman–Crippen LogP) is 2.78. The van der Waals surface area contributed by atoms with Crippen LogP contribution < -0.4 is 21.5 Å². The van der Waals surface area contributed by atoms with Crippen LogP contribution >= 0.6 is 11.3 Å². The molecule has 4 rings (SSSR count). The third-order valence-corrected chi connectivity index (χ3v) is 5.65. The summed E-state index contributed by atoms with van der Waals surface area (Å²) in [7, 11) is 1.64. The molecule has 1 aliphatic rings. The van der Waals surface area contributed by atoms with Gasteiger partial charge in [-0.25, -0.2) is 9.97 Å². The van der Waals surface area contributed by atoms with E-state index in [9.17, 15) is 5.11 Å². The molecule has 26 heavy (non-hydrogen) atoms. The number of aliphatic hydroxyl groups excluding tert-OH is 1. The Morgan fingerprint density at radius 1 is 1.35 bits per heavy atom. The van der Waals surface area contributed by atoms with Gasteiger partial charge in [0, 0.05) is 11.6 Å². The highest BCUT2D eigenvalue weighted by Crippen LogP contribution is 2.41. The number of ether oxygens (including phenoxy) is 1. The normalized spacial score (nSPS) is 15.2. The first-order valence-electron chi connectivity index (χ1n) is 8.43. The summed E-state index contributed by atoms with van der Waals surface area (Å²) in [5.74, 6) is 1.34. The molecular weight excluding hydrogens is 350 g/mol. The number of aryl methyl sites for hydroxylation is 1. The molecule has 3 aromatic rings. The summed E-state index contributed by atoms with van der Waals surface area (Å²) < 4.78 is 5.45. The summed E-state index contributed by atoms with van der Waals surface area (Å²) in [4.78, 5) is 10.5. The first-order valence-corrected chi connectivity index (χ1v) is 9.24. The Morgan fingerprint density at radius 3 is 2.77 bits per heavy atom. The van der Waals surface area contributed by atoms with Gasteiger partial charge in [0.25, 0.3) is 0 Å². The van der Waals surface area contributed by atoms with Crippen LogP contribution in [0.3, 0.4) is 0 Å². The quantitative estimate of drug-likeness (QED) is 0.509. The Bertz CT molecular complexity index is 981. The van der Waals surface area contributed by atoms with Crippen LogP contribution in [0.4, 0.5) is 11.6 Å². The predicted molar refractivity (Wildman–Crippen MR) is 104 cm³/mol. The van der Waals surface area contributed by atoms with Gasteiger partial charge in [0.1, 0.15) is 16.8 Å². The number of rotatable bonds is 5. The first kappa shape index (κ1) is 17.0. The van der Waals surface area contributed by atoms with E-state index in [0.717, 1.165) is 29.7 Å². The number of hydrogen-bond acceptors (Lipinski definition) is 8. The first-order chi connectivity index (χ1) is 12.5. The maximum atomic E-state index is 9.83. The van der Waals surface area contributed by atoms with Crippen LogP contribution in [0.25, 0.3) is 21.5 Å². The fourth-order valence-corrected chi connectivity index (χ4v) is 3.89. The van der Waals surface area contributed by atoms with Crippen molar-refractivity contribution in [1.82, 2.24) is 9.97 Å². The SMILES string of the molecule is COc1cc(-c2nc(NC3CC3)nc3sc(C(N)O)c(N)c23)ccc1C. The zero-order valence-electron chi connectivity index (χ0n) is 14.6. The second-order valence-electron chi connectivity index (χ2n) is 6.50. The van der Waals surface area contributed by atoms with Crippen molar-refractivity contribution < 1.29 is 9.84 Å². The standard InChI is InChI=1S/C18H21N5O2S/c1-8-3-4-9(7-11(8)25-2)14-12-13(19)15(16(20)24)26-17(12)23-18(22-14)21-10-5-6-10/h3-4,7,10,16,24H,5-6,19-20H2,1-2H3,(H,21,22,23). The van der Waals surface area contributed by atoms with E-state index >= 15 is 0 Å². The Kier molecular flexibility index (Phi) is 4.18.